The molecule has 0 bridgehead atoms. The summed E-state index contributed by atoms with van der Waals surface area (Å²) in [5.74, 6) is -1.79. The summed E-state index contributed by atoms with van der Waals surface area (Å²) in [4.78, 5) is 13.3. The molecule has 1 fully saturated rings. The van der Waals surface area contributed by atoms with Crippen molar-refractivity contribution in [3.05, 3.63) is 113 Å². The summed E-state index contributed by atoms with van der Waals surface area (Å²) < 4.78 is 55.6. The van der Waals surface area contributed by atoms with Crippen molar-refractivity contribution in [3.8, 4) is 0 Å². The maximum absolute atomic E-state index is 15.0. The molecule has 3 aromatic carbocycles. The first kappa shape index (κ1) is 29.9. The minimum Gasteiger partial charge on any atom is -0.326 e. The van der Waals surface area contributed by atoms with Gasteiger partial charge in [-0.25, -0.2) is 17.2 Å². The molecule has 2 N–H and O–H groups in total. The van der Waals surface area contributed by atoms with Gasteiger partial charge in [-0.3, -0.25) is 4.79 Å². The Morgan fingerprint density at radius 3 is 2.50 bits per heavy atom. The van der Waals surface area contributed by atoms with Crippen molar-refractivity contribution in [1.82, 2.24) is 9.62 Å². The molecule has 212 valence electrons. The number of carbonyl (C=O) groups is 1. The zero-order valence-corrected chi connectivity index (χ0v) is 23.7. The van der Waals surface area contributed by atoms with Gasteiger partial charge in [-0.2, -0.15) is 4.31 Å². The van der Waals surface area contributed by atoms with Crippen LogP contribution in [0, 0.1) is 11.6 Å². The first-order valence-electron chi connectivity index (χ1n) is 13.0. The molecule has 1 heterocycles. The van der Waals surface area contributed by atoms with Crippen molar-refractivity contribution in [2.45, 2.75) is 37.3 Å². The smallest absolute Gasteiger partial charge is 0.225 e. The van der Waals surface area contributed by atoms with Crippen LogP contribution in [0.15, 0.2) is 79.4 Å². The van der Waals surface area contributed by atoms with Crippen molar-refractivity contribution in [1.29, 1.82) is 0 Å². The van der Waals surface area contributed by atoms with Crippen molar-refractivity contribution in [2.75, 3.05) is 24.7 Å². The Morgan fingerprint density at radius 1 is 1.12 bits per heavy atom. The lowest BCUT2D eigenvalue weighted by molar-refractivity contribution is -0.116. The van der Waals surface area contributed by atoms with Crippen molar-refractivity contribution >= 4 is 33.2 Å². The zero-order valence-electron chi connectivity index (χ0n) is 22.1. The van der Waals surface area contributed by atoms with Crippen LogP contribution < -0.4 is 10.6 Å². The molecule has 0 spiro atoms. The number of piperazine rings is 1. The Bertz CT molecular complexity index is 1440. The van der Waals surface area contributed by atoms with E-state index in [0.29, 0.717) is 35.8 Å². The summed E-state index contributed by atoms with van der Waals surface area (Å²) in [6, 6.07) is 16.7. The number of nitrogens with zero attached hydrogens (tertiary/aromatic N) is 1. The molecule has 3 unspecified atom stereocenters. The lowest BCUT2D eigenvalue weighted by Gasteiger charge is -2.39. The highest BCUT2D eigenvalue weighted by Crippen LogP contribution is 2.31. The van der Waals surface area contributed by atoms with Crippen LogP contribution in [0.25, 0.3) is 0 Å². The molecule has 40 heavy (non-hydrogen) atoms. The number of amides is 1. The molecule has 0 aromatic heterocycles. The summed E-state index contributed by atoms with van der Waals surface area (Å²) in [5.41, 5.74) is 1.95. The molecule has 10 heteroatoms. The molecule has 0 radical (unpaired) electrons. The second kappa shape index (κ2) is 13.0. The van der Waals surface area contributed by atoms with Gasteiger partial charge in [0.2, 0.25) is 15.9 Å². The van der Waals surface area contributed by atoms with E-state index in [1.54, 1.807) is 42.5 Å². The molecule has 1 saturated heterocycles. The van der Waals surface area contributed by atoms with Gasteiger partial charge in [-0.1, -0.05) is 48.0 Å². The highest BCUT2D eigenvalue weighted by atomic mass is 35.5. The van der Waals surface area contributed by atoms with E-state index in [0.717, 1.165) is 11.8 Å². The van der Waals surface area contributed by atoms with Gasteiger partial charge >= 0.3 is 0 Å². The number of hydrogen-bond acceptors (Lipinski definition) is 4. The summed E-state index contributed by atoms with van der Waals surface area (Å²) >= 11 is 6.20. The van der Waals surface area contributed by atoms with E-state index in [2.05, 4.69) is 17.2 Å². The standard InChI is InChI=1S/C30H32ClF2N3O3S/c1-3-24-18-34-19-25(36(24)40(2,38)39)13-14-26-28(33)11-6-12-29(26)35-30(37)17-27(20-7-4-9-22(31)15-20)21-8-5-10-23(32)16-21/h3-12,15-16,24-25,27,34H,1,13-14,17-19H2,2H3,(H,35,37). The largest absolute Gasteiger partial charge is 0.326 e. The van der Waals surface area contributed by atoms with Crippen molar-refractivity contribution in [2.24, 2.45) is 0 Å². The fourth-order valence-electron chi connectivity index (χ4n) is 5.28. The van der Waals surface area contributed by atoms with E-state index in [4.69, 9.17) is 11.6 Å². The number of nitrogens with one attached hydrogen (secondary N) is 2. The molecular formula is C30H32ClF2N3O3S. The number of hydrogen-bond donors (Lipinski definition) is 2. The average Bonchev–Trinajstić information content (AvgIpc) is 2.90. The van der Waals surface area contributed by atoms with Crippen LogP contribution in [0.4, 0.5) is 14.5 Å². The number of carbonyl (C=O) groups excluding carboxylic acids is 1. The van der Waals surface area contributed by atoms with E-state index >= 15 is 4.39 Å². The van der Waals surface area contributed by atoms with Crippen LogP contribution in [-0.4, -0.2) is 50.1 Å². The van der Waals surface area contributed by atoms with Gasteiger partial charge in [0, 0.05) is 47.7 Å². The molecule has 6 nitrogen and oxygen atoms in total. The molecule has 4 rings (SSSR count). The topological polar surface area (TPSA) is 78.5 Å². The number of sulfonamides is 1. The van der Waals surface area contributed by atoms with Gasteiger partial charge in [-0.05, 0) is 60.4 Å². The third-order valence-electron chi connectivity index (χ3n) is 7.09. The lowest BCUT2D eigenvalue weighted by Crippen LogP contribution is -2.58. The Hall–Kier alpha value is -3.11. The van der Waals surface area contributed by atoms with Crippen LogP contribution in [0.5, 0.6) is 0 Å². The summed E-state index contributed by atoms with van der Waals surface area (Å²) in [7, 11) is -3.53. The van der Waals surface area contributed by atoms with E-state index in [1.165, 1.54) is 28.6 Å². The Morgan fingerprint density at radius 2 is 1.82 bits per heavy atom. The Balaban J connectivity index is 1.55. The number of anilines is 1. The molecule has 1 aliphatic rings. The molecule has 3 atom stereocenters. The Kier molecular flexibility index (Phi) is 9.73. The SMILES string of the molecule is C=CC1CNCC(CCc2c(F)cccc2NC(=O)CC(c2cccc(F)c2)c2cccc(Cl)c2)N1S(C)(=O)=O. The predicted octanol–water partition coefficient (Wildman–Crippen LogP) is 5.50. The molecule has 3 aromatic rings. The average molecular weight is 588 g/mol. The number of rotatable bonds is 10. The highest BCUT2D eigenvalue weighted by Gasteiger charge is 2.35. The quantitative estimate of drug-likeness (QED) is 0.307. The minimum atomic E-state index is -3.53. The first-order valence-corrected chi connectivity index (χ1v) is 15.2. The second-order valence-electron chi connectivity index (χ2n) is 9.93. The van der Waals surface area contributed by atoms with Gasteiger partial charge in [0.15, 0.2) is 0 Å². The van der Waals surface area contributed by atoms with Crippen LogP contribution >= 0.6 is 11.6 Å². The monoisotopic (exact) mass is 587 g/mol. The fraction of sp³-hybridized carbons (Fsp3) is 0.300. The van der Waals surface area contributed by atoms with Gasteiger partial charge in [0.05, 0.1) is 12.3 Å². The van der Waals surface area contributed by atoms with E-state index in [9.17, 15) is 17.6 Å². The second-order valence-corrected chi connectivity index (χ2v) is 12.3. The maximum Gasteiger partial charge on any atom is 0.225 e. The fourth-order valence-corrected chi connectivity index (χ4v) is 6.86. The first-order chi connectivity index (χ1) is 19.1. The zero-order chi connectivity index (χ0) is 28.9. The van der Waals surface area contributed by atoms with Crippen LogP contribution in [0.2, 0.25) is 5.02 Å². The lowest BCUT2D eigenvalue weighted by atomic mass is 9.88. The maximum atomic E-state index is 15.0. The van der Waals surface area contributed by atoms with Gasteiger partial charge < -0.3 is 10.6 Å². The van der Waals surface area contributed by atoms with E-state index in [-0.39, 0.29) is 24.3 Å². The third-order valence-corrected chi connectivity index (χ3v) is 8.66. The van der Waals surface area contributed by atoms with E-state index < -0.39 is 39.7 Å². The molecule has 0 saturated carbocycles. The molecular weight excluding hydrogens is 556 g/mol. The summed E-state index contributed by atoms with van der Waals surface area (Å²) in [6.45, 7) is 4.63. The number of benzene rings is 3. The van der Waals surface area contributed by atoms with Gasteiger partial charge in [-0.15, -0.1) is 6.58 Å². The van der Waals surface area contributed by atoms with Crippen molar-refractivity contribution in [3.63, 3.8) is 0 Å². The summed E-state index contributed by atoms with van der Waals surface area (Å²) in [5, 5.41) is 6.54. The van der Waals surface area contributed by atoms with Gasteiger partial charge in [0.25, 0.3) is 0 Å². The van der Waals surface area contributed by atoms with E-state index in [1.807, 2.05) is 6.07 Å². The molecule has 0 aliphatic carbocycles. The van der Waals surface area contributed by atoms with Crippen molar-refractivity contribution < 1.29 is 22.0 Å². The van der Waals surface area contributed by atoms with Gasteiger partial charge in [0.1, 0.15) is 11.6 Å². The number of halogens is 3. The predicted molar refractivity (Wildman–Crippen MR) is 155 cm³/mol. The summed E-state index contributed by atoms with van der Waals surface area (Å²) in [6.07, 6.45) is 3.25. The van der Waals surface area contributed by atoms with Crippen LogP contribution in [0.1, 0.15) is 35.4 Å². The molecule has 1 aliphatic heterocycles. The normalized spacial score (nSPS) is 18.7. The third kappa shape index (κ3) is 7.34. The Labute approximate surface area is 239 Å². The minimum absolute atomic E-state index is 0.0326. The molecule has 1 amide bonds. The highest BCUT2D eigenvalue weighted by molar-refractivity contribution is 7.88. The van der Waals surface area contributed by atoms with Crippen LogP contribution in [0.3, 0.4) is 0 Å². The van der Waals surface area contributed by atoms with Crippen LogP contribution in [-0.2, 0) is 21.2 Å².